The number of hydrogen-bond acceptors (Lipinski definition) is 4. The van der Waals surface area contributed by atoms with Crippen LogP contribution in [0.25, 0.3) is 0 Å². The summed E-state index contributed by atoms with van der Waals surface area (Å²) in [6.45, 7) is 6.52. The van der Waals surface area contributed by atoms with Crippen LogP contribution < -0.4 is 5.32 Å². The van der Waals surface area contributed by atoms with Gasteiger partial charge in [0.05, 0.1) is 6.61 Å². The Morgan fingerprint density at radius 2 is 2.12 bits per heavy atom. The minimum absolute atomic E-state index is 0.580. The fraction of sp³-hybridized carbons (Fsp3) is 0.909. The van der Waals surface area contributed by atoms with Crippen LogP contribution >= 0.6 is 0 Å². The minimum Gasteiger partial charge on any atom is -0.480 e. The number of carboxylic acid groups (broad SMARTS) is 1. The lowest BCUT2D eigenvalue weighted by Gasteiger charge is -2.28. The van der Waals surface area contributed by atoms with Crippen molar-refractivity contribution in [1.29, 1.82) is 0 Å². The monoisotopic (exact) mass is 232 g/mol. The molecular weight excluding hydrogens is 208 g/mol. The van der Waals surface area contributed by atoms with E-state index in [2.05, 4.69) is 10.2 Å². The number of aliphatic carboxylic acids is 1. The highest BCUT2D eigenvalue weighted by Crippen LogP contribution is 2.10. The number of hydrogen-bond donors (Lipinski definition) is 2. The van der Waals surface area contributed by atoms with E-state index >= 15 is 0 Å². The summed E-state index contributed by atoms with van der Waals surface area (Å²) in [5.74, 6) is -0.797. The molecular formula is C11H24N2O3. The first kappa shape index (κ1) is 15.3. The van der Waals surface area contributed by atoms with Gasteiger partial charge in [-0.1, -0.05) is 6.92 Å². The van der Waals surface area contributed by atoms with Gasteiger partial charge in [-0.3, -0.25) is 4.79 Å². The van der Waals surface area contributed by atoms with Crippen molar-refractivity contribution >= 4 is 5.97 Å². The topological polar surface area (TPSA) is 61.8 Å². The highest BCUT2D eigenvalue weighted by atomic mass is 16.5. The van der Waals surface area contributed by atoms with Crippen molar-refractivity contribution in [3.8, 4) is 0 Å². The van der Waals surface area contributed by atoms with Gasteiger partial charge < -0.3 is 20.1 Å². The molecule has 0 aliphatic rings. The van der Waals surface area contributed by atoms with Crippen molar-refractivity contribution in [2.75, 3.05) is 40.4 Å². The SMILES string of the molecule is CCNC(C)(CCN(C)CCOC)C(=O)O. The van der Waals surface area contributed by atoms with Crippen LogP contribution in [0.3, 0.4) is 0 Å². The summed E-state index contributed by atoms with van der Waals surface area (Å²) in [6, 6.07) is 0. The Hall–Kier alpha value is -0.650. The zero-order chi connectivity index (χ0) is 12.6. The molecule has 0 bridgehead atoms. The van der Waals surface area contributed by atoms with Gasteiger partial charge >= 0.3 is 5.97 Å². The van der Waals surface area contributed by atoms with Crippen molar-refractivity contribution < 1.29 is 14.6 Å². The third-order valence-corrected chi connectivity index (χ3v) is 2.71. The summed E-state index contributed by atoms with van der Waals surface area (Å²) in [6.07, 6.45) is 0.580. The Bertz CT molecular complexity index is 211. The molecule has 0 aliphatic carbocycles. The molecule has 16 heavy (non-hydrogen) atoms. The predicted octanol–water partition coefficient (Wildman–Crippen LogP) is 0.408. The molecule has 5 nitrogen and oxygen atoms in total. The third kappa shape index (κ3) is 5.44. The lowest BCUT2D eigenvalue weighted by Crippen LogP contribution is -2.51. The van der Waals surface area contributed by atoms with Crippen LogP contribution in [0.2, 0.25) is 0 Å². The average Bonchev–Trinajstić information content (AvgIpc) is 2.23. The quantitative estimate of drug-likeness (QED) is 0.603. The molecule has 0 fully saturated rings. The van der Waals surface area contributed by atoms with Crippen LogP contribution in [0.5, 0.6) is 0 Å². The smallest absolute Gasteiger partial charge is 0.323 e. The van der Waals surface area contributed by atoms with E-state index in [1.165, 1.54) is 0 Å². The summed E-state index contributed by atoms with van der Waals surface area (Å²) in [7, 11) is 3.63. The Kier molecular flexibility index (Phi) is 7.29. The molecule has 1 atom stereocenters. The number of methoxy groups -OCH3 is 1. The van der Waals surface area contributed by atoms with Crippen LogP contribution in [0, 0.1) is 0 Å². The summed E-state index contributed by atoms with van der Waals surface area (Å²) in [5, 5.41) is 12.2. The molecule has 0 aromatic heterocycles. The number of carbonyl (C=O) groups is 1. The van der Waals surface area contributed by atoms with Gasteiger partial charge in [-0.15, -0.1) is 0 Å². The zero-order valence-corrected chi connectivity index (χ0v) is 10.7. The highest BCUT2D eigenvalue weighted by Gasteiger charge is 2.31. The highest BCUT2D eigenvalue weighted by molar-refractivity contribution is 5.78. The van der Waals surface area contributed by atoms with Crippen LogP contribution in [0.15, 0.2) is 0 Å². The van der Waals surface area contributed by atoms with E-state index in [0.717, 1.165) is 13.1 Å². The first-order valence-corrected chi connectivity index (χ1v) is 5.62. The van der Waals surface area contributed by atoms with Gasteiger partial charge in [0.25, 0.3) is 0 Å². The minimum atomic E-state index is -0.837. The third-order valence-electron chi connectivity index (χ3n) is 2.71. The van der Waals surface area contributed by atoms with Gasteiger partial charge in [0.1, 0.15) is 5.54 Å². The second-order valence-electron chi connectivity index (χ2n) is 4.21. The van der Waals surface area contributed by atoms with Crippen molar-refractivity contribution in [1.82, 2.24) is 10.2 Å². The number of rotatable bonds is 9. The van der Waals surface area contributed by atoms with Crippen molar-refractivity contribution in [2.45, 2.75) is 25.8 Å². The average molecular weight is 232 g/mol. The molecule has 0 saturated heterocycles. The lowest BCUT2D eigenvalue weighted by molar-refractivity contribution is -0.144. The van der Waals surface area contributed by atoms with Gasteiger partial charge in [0.2, 0.25) is 0 Å². The van der Waals surface area contributed by atoms with E-state index < -0.39 is 11.5 Å². The van der Waals surface area contributed by atoms with E-state index in [4.69, 9.17) is 9.84 Å². The molecule has 0 saturated carbocycles. The lowest BCUT2D eigenvalue weighted by atomic mass is 9.97. The van der Waals surface area contributed by atoms with Crippen molar-refractivity contribution in [3.63, 3.8) is 0 Å². The van der Waals surface area contributed by atoms with Crippen molar-refractivity contribution in [3.05, 3.63) is 0 Å². The van der Waals surface area contributed by atoms with Gasteiger partial charge in [-0.05, 0) is 26.9 Å². The first-order chi connectivity index (χ1) is 7.46. The normalized spacial score (nSPS) is 15.1. The predicted molar refractivity (Wildman–Crippen MR) is 63.7 cm³/mol. The summed E-state index contributed by atoms with van der Waals surface area (Å²) >= 11 is 0. The number of nitrogens with one attached hydrogen (secondary N) is 1. The second kappa shape index (κ2) is 7.60. The summed E-state index contributed by atoms with van der Waals surface area (Å²) in [4.78, 5) is 13.2. The molecule has 96 valence electrons. The Morgan fingerprint density at radius 1 is 1.50 bits per heavy atom. The Morgan fingerprint density at radius 3 is 2.56 bits per heavy atom. The van der Waals surface area contributed by atoms with E-state index in [0.29, 0.717) is 19.6 Å². The maximum atomic E-state index is 11.1. The fourth-order valence-electron chi connectivity index (χ4n) is 1.43. The Balaban J connectivity index is 4.06. The number of ether oxygens (including phenoxy) is 1. The molecule has 0 amide bonds. The molecule has 0 heterocycles. The molecule has 0 aromatic carbocycles. The summed E-state index contributed by atoms with van der Waals surface area (Å²) in [5.41, 5.74) is -0.837. The number of nitrogens with zero attached hydrogens (tertiary/aromatic N) is 1. The van der Waals surface area contributed by atoms with Gasteiger partial charge in [0.15, 0.2) is 0 Å². The molecule has 0 radical (unpaired) electrons. The van der Waals surface area contributed by atoms with E-state index in [1.807, 2.05) is 14.0 Å². The van der Waals surface area contributed by atoms with Crippen LogP contribution in [0.1, 0.15) is 20.3 Å². The van der Waals surface area contributed by atoms with Crippen molar-refractivity contribution in [2.24, 2.45) is 0 Å². The maximum absolute atomic E-state index is 11.1. The largest absolute Gasteiger partial charge is 0.480 e. The maximum Gasteiger partial charge on any atom is 0.323 e. The summed E-state index contributed by atoms with van der Waals surface area (Å²) < 4.78 is 4.97. The molecule has 0 aliphatic heterocycles. The molecule has 1 unspecified atom stereocenters. The first-order valence-electron chi connectivity index (χ1n) is 5.62. The van der Waals surface area contributed by atoms with Gasteiger partial charge in [-0.2, -0.15) is 0 Å². The molecule has 0 rings (SSSR count). The number of likely N-dealkylation sites (N-methyl/N-ethyl adjacent to an activating group) is 2. The number of carboxylic acids is 1. The van der Waals surface area contributed by atoms with Gasteiger partial charge in [0, 0.05) is 20.2 Å². The standard InChI is InChI=1S/C11H24N2O3/c1-5-12-11(2,10(14)15)6-7-13(3)8-9-16-4/h12H,5-9H2,1-4H3,(H,14,15). The fourth-order valence-corrected chi connectivity index (χ4v) is 1.43. The molecule has 2 N–H and O–H groups in total. The van der Waals surface area contributed by atoms with E-state index in [-0.39, 0.29) is 0 Å². The van der Waals surface area contributed by atoms with E-state index in [9.17, 15) is 4.79 Å². The van der Waals surface area contributed by atoms with Crippen LogP contribution in [-0.2, 0) is 9.53 Å². The van der Waals surface area contributed by atoms with E-state index in [1.54, 1.807) is 14.0 Å². The zero-order valence-electron chi connectivity index (χ0n) is 10.7. The van der Waals surface area contributed by atoms with Crippen LogP contribution in [0.4, 0.5) is 0 Å². The Labute approximate surface area is 97.8 Å². The molecule has 0 spiro atoms. The van der Waals surface area contributed by atoms with Gasteiger partial charge in [-0.25, -0.2) is 0 Å². The molecule has 0 aromatic rings. The second-order valence-corrected chi connectivity index (χ2v) is 4.21. The van der Waals surface area contributed by atoms with Crippen LogP contribution in [-0.4, -0.2) is 61.9 Å². The molecule has 5 heteroatoms.